The van der Waals surface area contributed by atoms with E-state index in [2.05, 4.69) is 141 Å². The largest absolute Gasteiger partial charge is 1.00 e. The average Bonchev–Trinajstić information content (AvgIpc) is 2.98. The molecule has 0 atom stereocenters. The van der Waals surface area contributed by atoms with Crippen LogP contribution in [0.3, 0.4) is 0 Å². The summed E-state index contributed by atoms with van der Waals surface area (Å²) in [5.41, 5.74) is 0. The van der Waals surface area contributed by atoms with Gasteiger partial charge < -0.3 is 16.9 Å². The third-order valence-corrected chi connectivity index (χ3v) is 16.3. The van der Waals surface area contributed by atoms with E-state index in [1.54, 1.807) is 0 Å². The van der Waals surface area contributed by atoms with Gasteiger partial charge in [0, 0.05) is 0 Å². The van der Waals surface area contributed by atoms with Gasteiger partial charge in [-0.15, -0.1) is 0 Å². The monoisotopic (exact) mass is 633 g/mol. The second kappa shape index (κ2) is 18.3. The van der Waals surface area contributed by atoms with Crippen molar-refractivity contribution in [3.63, 3.8) is 0 Å². The van der Waals surface area contributed by atoms with E-state index >= 15 is 0 Å². The van der Waals surface area contributed by atoms with Crippen LogP contribution in [0, 0.1) is 0 Å². The van der Waals surface area contributed by atoms with Crippen molar-refractivity contribution in [1.29, 1.82) is 0 Å². The van der Waals surface area contributed by atoms with E-state index in [1.807, 2.05) is 0 Å². The zero-order valence-electron chi connectivity index (χ0n) is 25.3. The van der Waals surface area contributed by atoms with Crippen molar-refractivity contribution in [3.8, 4) is 0 Å². The minimum atomic E-state index is -2.56. The van der Waals surface area contributed by atoms with Crippen LogP contribution in [0.4, 0.5) is 0 Å². The third-order valence-electron chi connectivity index (χ3n) is 8.05. The topological polar surface area (TPSA) is 0 Å². The molecule has 0 bridgehead atoms. The van der Waals surface area contributed by atoms with Gasteiger partial charge in [-0.1, -0.05) is 53.4 Å². The van der Waals surface area contributed by atoms with Crippen LogP contribution in [-0.2, 0) is 0 Å². The van der Waals surface area contributed by atoms with E-state index in [9.17, 15) is 0 Å². The van der Waals surface area contributed by atoms with Crippen molar-refractivity contribution < 1.29 is 16.9 Å². The summed E-state index contributed by atoms with van der Waals surface area (Å²) in [7, 11) is 0. The quantitative estimate of drug-likeness (QED) is 0.133. The number of unbranched alkanes of at least 4 members (excludes halogenated alkanes) is 4. The van der Waals surface area contributed by atoms with E-state index in [0.29, 0.717) is 0 Å². The first kappa shape index (κ1) is 35.8. The molecule has 0 aliphatic carbocycles. The maximum absolute atomic E-state index is 4.24. The molecule has 0 saturated carbocycles. The molecule has 3 rings (SSSR count). The van der Waals surface area contributed by atoms with E-state index in [4.69, 9.17) is 0 Å². The number of quaternary nitrogens is 1. The van der Waals surface area contributed by atoms with Crippen LogP contribution >= 0.6 is 20.8 Å². The number of hydrogen-bond donors (Lipinski definition) is 0. The van der Waals surface area contributed by atoms with Gasteiger partial charge in [0.15, 0.2) is 0 Å². The fourth-order valence-electron chi connectivity index (χ4n) is 5.44. The molecule has 0 aliphatic rings. The summed E-state index contributed by atoms with van der Waals surface area (Å²) in [5, 5.41) is 1.48. The first-order chi connectivity index (χ1) is 18.4. The maximum Gasteiger partial charge on any atom is -1.00 e. The van der Waals surface area contributed by atoms with Gasteiger partial charge in [0.1, 0.15) is 0 Å². The van der Waals surface area contributed by atoms with Crippen molar-refractivity contribution in [2.45, 2.75) is 79.1 Å². The summed E-state index contributed by atoms with van der Waals surface area (Å²) in [6, 6.07) is 32.3. The summed E-state index contributed by atoms with van der Waals surface area (Å²) < 4.78 is 1.42. The summed E-state index contributed by atoms with van der Waals surface area (Å²) in [6.07, 6.45) is 11.1. The molecule has 39 heavy (non-hydrogen) atoms. The molecule has 3 aromatic rings. The number of benzene rings is 3. The first-order valence-corrected chi connectivity index (χ1v) is 19.8. The maximum atomic E-state index is 4.24. The summed E-state index contributed by atoms with van der Waals surface area (Å²) >= 11 is 4.24. The minimum Gasteiger partial charge on any atom is -1.00 e. The molecule has 0 amide bonds. The van der Waals surface area contributed by atoms with Crippen molar-refractivity contribution in [2.75, 3.05) is 32.8 Å². The molecule has 0 fully saturated rings. The number of rotatable bonds is 15. The van der Waals surface area contributed by atoms with Crippen LogP contribution in [0.15, 0.2) is 91.0 Å². The van der Waals surface area contributed by atoms with Crippen LogP contribution in [0.5, 0.6) is 0 Å². The normalized spacial score (nSPS) is 12.4. The molecular formula is C35H54BrClNP. The molecule has 0 saturated heterocycles. The van der Waals surface area contributed by atoms with Crippen LogP contribution < -0.4 is 28.3 Å². The Morgan fingerprint density at radius 2 is 0.718 bits per heavy atom. The number of hydrogen-bond acceptors (Lipinski definition) is 0. The SMILES string of the molecule is CCCC[N+](CCCC)(CCCC)CCCC.CP(Br)(c1ccccc1)(c1ccccc1)c1ccccc1.[Cl-]. The number of halogens is 2. The molecule has 0 aliphatic heterocycles. The Balaban J connectivity index is 0.000000391. The van der Waals surface area contributed by atoms with Gasteiger partial charge in [-0.25, -0.2) is 0 Å². The molecule has 0 aromatic heterocycles. The van der Waals surface area contributed by atoms with Crippen LogP contribution in [0.25, 0.3) is 0 Å². The van der Waals surface area contributed by atoms with Crippen molar-refractivity contribution in [3.05, 3.63) is 91.0 Å². The Morgan fingerprint density at radius 3 is 0.923 bits per heavy atom. The van der Waals surface area contributed by atoms with Crippen LogP contribution in [0.2, 0.25) is 0 Å². The Labute approximate surface area is 255 Å². The molecule has 0 heterocycles. The predicted octanol–water partition coefficient (Wildman–Crippen LogP) is 6.46. The number of nitrogens with zero attached hydrogens (tertiary/aromatic N) is 1. The fourth-order valence-corrected chi connectivity index (χ4v) is 11.1. The zero-order chi connectivity index (χ0) is 27.8. The molecule has 3 aromatic carbocycles. The first-order valence-electron chi connectivity index (χ1n) is 15.1. The minimum absolute atomic E-state index is 0. The standard InChI is InChI=1S/C19H18BrP.C16H36N.ClH/c1-21(20,17-11-5-2-6-12-17,18-13-7-3-8-14-18)19-15-9-4-10-16-19;1-5-9-13-17(14-10-6-2,15-11-7-3)16-12-8-4;/h2-16H,1H3;5-16H2,1-4H3;1H/q;+1;/p-1. The van der Waals surface area contributed by atoms with Crippen molar-refractivity contribution in [1.82, 2.24) is 0 Å². The van der Waals surface area contributed by atoms with Crippen molar-refractivity contribution in [2.24, 2.45) is 0 Å². The van der Waals surface area contributed by atoms with Crippen LogP contribution in [0.1, 0.15) is 79.1 Å². The fraction of sp³-hybridized carbons (Fsp3) is 0.486. The predicted molar refractivity (Wildman–Crippen MR) is 179 cm³/mol. The summed E-state index contributed by atoms with van der Waals surface area (Å²) in [6.45, 7) is 17.4. The van der Waals surface area contributed by atoms with Gasteiger partial charge in [-0.05, 0) is 25.7 Å². The molecule has 0 radical (unpaired) electrons. The molecule has 218 valence electrons. The van der Waals surface area contributed by atoms with Gasteiger partial charge in [0.2, 0.25) is 0 Å². The smallest absolute Gasteiger partial charge is 1.00 e. The van der Waals surface area contributed by atoms with Gasteiger partial charge in [0.25, 0.3) is 0 Å². The van der Waals surface area contributed by atoms with E-state index in [-0.39, 0.29) is 12.4 Å². The second-order valence-corrected chi connectivity index (χ2v) is 20.8. The molecule has 1 nitrogen and oxygen atoms in total. The summed E-state index contributed by atoms with van der Waals surface area (Å²) in [4.78, 5) is 0. The van der Waals surface area contributed by atoms with E-state index < -0.39 is 5.31 Å². The average molecular weight is 635 g/mol. The van der Waals surface area contributed by atoms with Crippen molar-refractivity contribution >= 4 is 36.7 Å². The Kier molecular flexibility index (Phi) is 16.8. The van der Waals surface area contributed by atoms with Gasteiger partial charge in [-0.3, -0.25) is 0 Å². The zero-order valence-corrected chi connectivity index (χ0v) is 28.5. The second-order valence-electron chi connectivity index (χ2n) is 11.1. The molecule has 4 heteroatoms. The van der Waals surface area contributed by atoms with E-state index in [0.717, 1.165) is 0 Å². The molecular weight excluding hydrogens is 581 g/mol. The Hall–Kier alpha value is -1.18. The van der Waals surface area contributed by atoms with Gasteiger partial charge in [0.05, 0.1) is 26.2 Å². The Morgan fingerprint density at radius 1 is 0.487 bits per heavy atom. The van der Waals surface area contributed by atoms with Gasteiger partial charge >= 0.3 is 134 Å². The Bertz CT molecular complexity index is 870. The van der Waals surface area contributed by atoms with Gasteiger partial charge in [-0.2, -0.15) is 0 Å². The van der Waals surface area contributed by atoms with E-state index in [1.165, 1.54) is 97.9 Å². The molecule has 0 spiro atoms. The molecule has 0 unspecified atom stereocenters. The summed E-state index contributed by atoms with van der Waals surface area (Å²) in [5.74, 6) is 0. The van der Waals surface area contributed by atoms with Crippen LogP contribution in [-0.4, -0.2) is 37.3 Å². The molecule has 0 N–H and O–H groups in total. The third kappa shape index (κ3) is 10.00.